The minimum absolute atomic E-state index is 0.648. The Morgan fingerprint density at radius 2 is 1.44 bits per heavy atom. The van der Waals surface area contributed by atoms with E-state index in [4.69, 9.17) is 12.2 Å². The number of fused-ring (bicyclic) bond motifs is 1. The number of nitrogens with zero attached hydrogens (tertiary/aromatic N) is 2. The SMILES string of the molecule is Cc1ccccc1N1CN(Nc2ccccc2)C(=S)c2ccccc21. The fraction of sp³-hybridized carbons (Fsp3) is 0.0952. The van der Waals surface area contributed by atoms with Crippen molar-refractivity contribution >= 4 is 34.3 Å². The first-order valence-electron chi connectivity index (χ1n) is 8.30. The summed E-state index contributed by atoms with van der Waals surface area (Å²) < 4.78 is 0. The summed E-state index contributed by atoms with van der Waals surface area (Å²) in [6.07, 6.45) is 0. The van der Waals surface area contributed by atoms with Crippen LogP contribution in [0.1, 0.15) is 11.1 Å². The molecule has 124 valence electrons. The van der Waals surface area contributed by atoms with Crippen molar-refractivity contribution in [2.75, 3.05) is 17.0 Å². The molecule has 3 aromatic carbocycles. The highest BCUT2D eigenvalue weighted by molar-refractivity contribution is 7.80. The van der Waals surface area contributed by atoms with E-state index in [2.05, 4.69) is 59.7 Å². The summed E-state index contributed by atoms with van der Waals surface area (Å²) in [6, 6.07) is 26.9. The summed E-state index contributed by atoms with van der Waals surface area (Å²) in [5, 5.41) is 2.03. The van der Waals surface area contributed by atoms with Crippen molar-refractivity contribution in [1.82, 2.24) is 5.01 Å². The fourth-order valence-electron chi connectivity index (χ4n) is 3.14. The molecule has 0 unspecified atom stereocenters. The molecule has 3 nitrogen and oxygen atoms in total. The average molecular weight is 345 g/mol. The Kier molecular flexibility index (Phi) is 4.12. The number of benzene rings is 3. The van der Waals surface area contributed by atoms with E-state index in [-0.39, 0.29) is 0 Å². The predicted octanol–water partition coefficient (Wildman–Crippen LogP) is 5.11. The molecule has 0 saturated heterocycles. The molecule has 0 aliphatic carbocycles. The van der Waals surface area contributed by atoms with Gasteiger partial charge in [-0.1, -0.05) is 60.7 Å². The summed E-state index contributed by atoms with van der Waals surface area (Å²) in [5.41, 5.74) is 9.11. The van der Waals surface area contributed by atoms with Crippen molar-refractivity contribution in [3.05, 3.63) is 90.0 Å². The average Bonchev–Trinajstić information content (AvgIpc) is 2.66. The molecular formula is C21H19N3S. The Hall–Kier alpha value is -2.85. The standard InChI is InChI=1S/C21H19N3S/c1-16-9-5-7-13-19(16)23-15-24(22-17-10-3-2-4-11-17)21(25)18-12-6-8-14-20(18)23/h2-14,22H,15H2,1H3. The zero-order chi connectivity index (χ0) is 17.2. The predicted molar refractivity (Wildman–Crippen MR) is 108 cm³/mol. The van der Waals surface area contributed by atoms with E-state index in [1.54, 1.807) is 0 Å². The van der Waals surface area contributed by atoms with E-state index in [1.807, 2.05) is 41.4 Å². The summed E-state index contributed by atoms with van der Waals surface area (Å²) in [7, 11) is 0. The molecule has 4 heteroatoms. The van der Waals surface area contributed by atoms with Crippen LogP contribution in [0.5, 0.6) is 0 Å². The van der Waals surface area contributed by atoms with E-state index in [9.17, 15) is 0 Å². The largest absolute Gasteiger partial charge is 0.320 e. The molecule has 4 rings (SSSR count). The van der Waals surface area contributed by atoms with Crippen LogP contribution in [0, 0.1) is 6.92 Å². The molecule has 1 aliphatic heterocycles. The number of para-hydroxylation sites is 3. The molecule has 0 saturated carbocycles. The number of anilines is 3. The Morgan fingerprint density at radius 3 is 2.20 bits per heavy atom. The van der Waals surface area contributed by atoms with E-state index in [0.29, 0.717) is 6.67 Å². The first-order valence-corrected chi connectivity index (χ1v) is 8.70. The lowest BCUT2D eigenvalue weighted by Crippen LogP contribution is -2.47. The molecule has 1 aliphatic rings. The zero-order valence-corrected chi connectivity index (χ0v) is 14.8. The van der Waals surface area contributed by atoms with Crippen LogP contribution in [-0.4, -0.2) is 16.7 Å². The van der Waals surface area contributed by atoms with Gasteiger partial charge in [0.25, 0.3) is 0 Å². The Bertz CT molecular complexity index is 908. The third kappa shape index (κ3) is 2.96. The fourth-order valence-corrected chi connectivity index (χ4v) is 3.42. The van der Waals surface area contributed by atoms with Crippen LogP contribution >= 0.6 is 12.2 Å². The van der Waals surface area contributed by atoms with Crippen molar-refractivity contribution in [1.29, 1.82) is 0 Å². The van der Waals surface area contributed by atoms with Gasteiger partial charge in [0.05, 0.1) is 11.4 Å². The van der Waals surface area contributed by atoms with Gasteiger partial charge in [-0.05, 0) is 42.8 Å². The quantitative estimate of drug-likeness (QED) is 0.665. The van der Waals surface area contributed by atoms with Crippen molar-refractivity contribution < 1.29 is 0 Å². The molecule has 0 atom stereocenters. The highest BCUT2D eigenvalue weighted by atomic mass is 32.1. The van der Waals surface area contributed by atoms with E-state index < -0.39 is 0 Å². The molecular weight excluding hydrogens is 326 g/mol. The minimum atomic E-state index is 0.648. The summed E-state index contributed by atoms with van der Waals surface area (Å²) in [4.78, 5) is 3.11. The maximum Gasteiger partial charge on any atom is 0.131 e. The smallest absolute Gasteiger partial charge is 0.131 e. The van der Waals surface area contributed by atoms with Crippen LogP contribution in [0.3, 0.4) is 0 Å². The third-order valence-electron chi connectivity index (χ3n) is 4.40. The monoisotopic (exact) mass is 345 g/mol. The van der Waals surface area contributed by atoms with Gasteiger partial charge in [0, 0.05) is 11.3 Å². The van der Waals surface area contributed by atoms with Gasteiger partial charge in [-0.2, -0.15) is 0 Å². The van der Waals surface area contributed by atoms with E-state index in [1.165, 1.54) is 11.3 Å². The van der Waals surface area contributed by atoms with Crippen molar-refractivity contribution in [3.8, 4) is 0 Å². The topological polar surface area (TPSA) is 18.5 Å². The van der Waals surface area contributed by atoms with Gasteiger partial charge in [-0.3, -0.25) is 10.4 Å². The number of thiocarbonyl (C=S) groups is 1. The van der Waals surface area contributed by atoms with Crippen molar-refractivity contribution in [3.63, 3.8) is 0 Å². The van der Waals surface area contributed by atoms with E-state index in [0.717, 1.165) is 21.9 Å². The molecule has 0 amide bonds. The lowest BCUT2D eigenvalue weighted by atomic mass is 10.1. The van der Waals surface area contributed by atoms with Crippen LogP contribution in [0.4, 0.5) is 17.1 Å². The van der Waals surface area contributed by atoms with Gasteiger partial charge < -0.3 is 4.90 Å². The van der Waals surface area contributed by atoms with Gasteiger partial charge in [-0.15, -0.1) is 0 Å². The van der Waals surface area contributed by atoms with Crippen molar-refractivity contribution in [2.45, 2.75) is 6.92 Å². The highest BCUT2D eigenvalue weighted by Gasteiger charge is 2.27. The van der Waals surface area contributed by atoms with Gasteiger partial charge in [-0.25, -0.2) is 0 Å². The molecule has 1 heterocycles. The van der Waals surface area contributed by atoms with Crippen LogP contribution in [0.15, 0.2) is 78.9 Å². The normalized spacial score (nSPS) is 13.6. The Labute approximate surface area is 153 Å². The van der Waals surface area contributed by atoms with Crippen LogP contribution in [0.2, 0.25) is 0 Å². The summed E-state index contributed by atoms with van der Waals surface area (Å²) in [6.45, 7) is 2.79. The van der Waals surface area contributed by atoms with Crippen LogP contribution in [0.25, 0.3) is 0 Å². The first-order chi connectivity index (χ1) is 12.2. The number of aryl methyl sites for hydroxylation is 1. The second-order valence-electron chi connectivity index (χ2n) is 6.08. The second kappa shape index (κ2) is 6.57. The van der Waals surface area contributed by atoms with Gasteiger partial charge in [0.15, 0.2) is 0 Å². The summed E-state index contributed by atoms with van der Waals surface area (Å²) >= 11 is 5.75. The van der Waals surface area contributed by atoms with Crippen LogP contribution < -0.4 is 10.3 Å². The molecule has 1 N–H and O–H groups in total. The number of hydrogen-bond acceptors (Lipinski definition) is 3. The number of hydrazine groups is 1. The Balaban J connectivity index is 1.76. The third-order valence-corrected chi connectivity index (χ3v) is 4.84. The van der Waals surface area contributed by atoms with E-state index >= 15 is 0 Å². The maximum absolute atomic E-state index is 5.75. The lowest BCUT2D eigenvalue weighted by Gasteiger charge is -2.40. The number of rotatable bonds is 3. The first kappa shape index (κ1) is 15.7. The molecule has 3 aromatic rings. The molecule has 0 radical (unpaired) electrons. The zero-order valence-electron chi connectivity index (χ0n) is 14.0. The van der Waals surface area contributed by atoms with Crippen molar-refractivity contribution in [2.24, 2.45) is 0 Å². The van der Waals surface area contributed by atoms with Gasteiger partial charge in [0.2, 0.25) is 0 Å². The van der Waals surface area contributed by atoms with Gasteiger partial charge >= 0.3 is 0 Å². The molecule has 25 heavy (non-hydrogen) atoms. The molecule has 0 aromatic heterocycles. The second-order valence-corrected chi connectivity index (χ2v) is 6.47. The number of nitrogens with one attached hydrogen (secondary N) is 1. The molecule has 0 bridgehead atoms. The lowest BCUT2D eigenvalue weighted by molar-refractivity contribution is 0.505. The van der Waals surface area contributed by atoms with Crippen LogP contribution in [-0.2, 0) is 0 Å². The highest BCUT2D eigenvalue weighted by Crippen LogP contribution is 2.35. The maximum atomic E-state index is 5.75. The minimum Gasteiger partial charge on any atom is -0.320 e. The number of hydrogen-bond donors (Lipinski definition) is 1. The molecule has 0 fully saturated rings. The van der Waals surface area contributed by atoms with Gasteiger partial charge in [0.1, 0.15) is 11.7 Å². The summed E-state index contributed by atoms with van der Waals surface area (Å²) in [5.74, 6) is 0. The molecule has 0 spiro atoms. The Morgan fingerprint density at radius 1 is 0.800 bits per heavy atom.